The van der Waals surface area contributed by atoms with Crippen LogP contribution in [0.1, 0.15) is 66.0 Å². The standard InChI is InChI=1S/C24H26N6O/c1-16(2)29-15-22-21(28-29)11-18(12-25-22)24(31)27-20-9-6-10-23-19(20)13-26-30(23)14-17-7-4-3-5-8-17/h3-5,7-8,11-13,15-16,20H,6,9-10,14H2,1-2H3,(H,27,31). The number of pyridine rings is 1. The van der Waals surface area contributed by atoms with E-state index in [1.165, 1.54) is 11.3 Å². The Kier molecular flexibility index (Phi) is 5.02. The van der Waals surface area contributed by atoms with E-state index in [0.29, 0.717) is 5.56 Å². The van der Waals surface area contributed by atoms with Gasteiger partial charge in [0.1, 0.15) is 11.0 Å². The van der Waals surface area contributed by atoms with Crippen molar-refractivity contribution in [3.05, 3.63) is 77.4 Å². The second kappa shape index (κ2) is 7.98. The molecule has 0 saturated carbocycles. The van der Waals surface area contributed by atoms with Crippen molar-refractivity contribution in [3.8, 4) is 0 Å². The molecule has 3 heterocycles. The van der Waals surface area contributed by atoms with Crippen LogP contribution in [0.25, 0.3) is 11.0 Å². The molecule has 1 aliphatic rings. The van der Waals surface area contributed by atoms with Gasteiger partial charge in [-0.05, 0) is 44.7 Å². The Balaban J connectivity index is 1.35. The Hall–Kier alpha value is -3.48. The van der Waals surface area contributed by atoms with Crippen LogP contribution >= 0.6 is 0 Å². The summed E-state index contributed by atoms with van der Waals surface area (Å²) in [5, 5.41) is 12.4. The molecule has 7 heteroatoms. The molecule has 1 unspecified atom stereocenters. The van der Waals surface area contributed by atoms with Crippen LogP contribution in [0.4, 0.5) is 0 Å². The maximum Gasteiger partial charge on any atom is 0.253 e. The van der Waals surface area contributed by atoms with Gasteiger partial charge < -0.3 is 5.32 Å². The fourth-order valence-electron chi connectivity index (χ4n) is 4.21. The third-order valence-electron chi connectivity index (χ3n) is 5.91. The summed E-state index contributed by atoms with van der Waals surface area (Å²) in [6.07, 6.45) is 8.37. The van der Waals surface area contributed by atoms with Gasteiger partial charge in [-0.1, -0.05) is 30.3 Å². The highest BCUT2D eigenvalue weighted by atomic mass is 16.1. The fraction of sp³-hybridized carbons (Fsp3) is 0.333. The van der Waals surface area contributed by atoms with Crippen molar-refractivity contribution in [2.75, 3.05) is 0 Å². The summed E-state index contributed by atoms with van der Waals surface area (Å²) in [6, 6.07) is 12.4. The topological polar surface area (TPSA) is 77.6 Å². The van der Waals surface area contributed by atoms with E-state index in [0.717, 1.165) is 42.4 Å². The van der Waals surface area contributed by atoms with Crippen molar-refractivity contribution < 1.29 is 4.79 Å². The Labute approximate surface area is 181 Å². The van der Waals surface area contributed by atoms with E-state index in [-0.39, 0.29) is 18.0 Å². The average Bonchev–Trinajstić information content (AvgIpc) is 3.39. The highest BCUT2D eigenvalue weighted by molar-refractivity contribution is 5.96. The zero-order valence-corrected chi connectivity index (χ0v) is 17.8. The maximum absolute atomic E-state index is 13.0. The number of nitrogens with zero attached hydrogens (tertiary/aromatic N) is 5. The lowest BCUT2D eigenvalue weighted by Gasteiger charge is -2.24. The van der Waals surface area contributed by atoms with E-state index >= 15 is 0 Å². The molecule has 0 spiro atoms. The van der Waals surface area contributed by atoms with E-state index in [1.807, 2.05) is 41.3 Å². The minimum Gasteiger partial charge on any atom is -0.345 e. The molecule has 3 aromatic heterocycles. The molecule has 0 saturated heterocycles. The number of hydrogen-bond acceptors (Lipinski definition) is 4. The van der Waals surface area contributed by atoms with Crippen molar-refractivity contribution >= 4 is 16.9 Å². The van der Waals surface area contributed by atoms with Crippen molar-refractivity contribution in [2.45, 2.75) is 51.7 Å². The van der Waals surface area contributed by atoms with Crippen molar-refractivity contribution in [1.29, 1.82) is 0 Å². The van der Waals surface area contributed by atoms with E-state index in [1.54, 1.807) is 6.20 Å². The van der Waals surface area contributed by atoms with Crippen LogP contribution in [0.15, 0.2) is 55.0 Å². The molecule has 0 radical (unpaired) electrons. The van der Waals surface area contributed by atoms with E-state index in [9.17, 15) is 4.79 Å². The van der Waals surface area contributed by atoms with Gasteiger partial charge in [-0.3, -0.25) is 19.1 Å². The highest BCUT2D eigenvalue weighted by Gasteiger charge is 2.26. The summed E-state index contributed by atoms with van der Waals surface area (Å²) in [4.78, 5) is 17.4. The summed E-state index contributed by atoms with van der Waals surface area (Å²) in [6.45, 7) is 4.88. The van der Waals surface area contributed by atoms with Crippen molar-refractivity contribution in [1.82, 2.24) is 29.9 Å². The predicted octanol–water partition coefficient (Wildman–Crippen LogP) is 4.06. The molecule has 4 aromatic rings. The SMILES string of the molecule is CC(C)n1cc2ncc(C(=O)NC3CCCc4c3cnn4Cc3ccccc3)cc2n1. The molecular formula is C24H26N6O. The Morgan fingerprint density at radius 1 is 1.19 bits per heavy atom. The van der Waals surface area contributed by atoms with Crippen LogP contribution in [0, 0.1) is 0 Å². The minimum absolute atomic E-state index is 0.0373. The van der Waals surface area contributed by atoms with Gasteiger partial charge in [-0.25, -0.2) is 0 Å². The van der Waals surface area contributed by atoms with Gasteiger partial charge in [0, 0.05) is 23.5 Å². The summed E-state index contributed by atoms with van der Waals surface area (Å²) < 4.78 is 3.93. The van der Waals surface area contributed by atoms with Gasteiger partial charge in [-0.15, -0.1) is 0 Å². The number of aromatic nitrogens is 5. The lowest BCUT2D eigenvalue weighted by Crippen LogP contribution is -2.31. The Morgan fingerprint density at radius 3 is 2.84 bits per heavy atom. The summed E-state index contributed by atoms with van der Waals surface area (Å²) in [5.74, 6) is -0.123. The highest BCUT2D eigenvalue weighted by Crippen LogP contribution is 2.30. The summed E-state index contributed by atoms with van der Waals surface area (Å²) >= 11 is 0. The number of nitrogens with one attached hydrogen (secondary N) is 1. The molecule has 1 aliphatic carbocycles. The van der Waals surface area contributed by atoms with Gasteiger partial charge >= 0.3 is 0 Å². The van der Waals surface area contributed by atoms with Gasteiger partial charge in [0.2, 0.25) is 0 Å². The molecule has 1 amide bonds. The van der Waals surface area contributed by atoms with Crippen LogP contribution in [-0.4, -0.2) is 30.5 Å². The quantitative estimate of drug-likeness (QED) is 0.534. The van der Waals surface area contributed by atoms with Crippen molar-refractivity contribution in [3.63, 3.8) is 0 Å². The smallest absolute Gasteiger partial charge is 0.253 e. The van der Waals surface area contributed by atoms with Crippen LogP contribution < -0.4 is 5.32 Å². The van der Waals surface area contributed by atoms with E-state index in [4.69, 9.17) is 0 Å². The minimum atomic E-state index is -0.123. The predicted molar refractivity (Wildman–Crippen MR) is 119 cm³/mol. The second-order valence-electron chi connectivity index (χ2n) is 8.44. The van der Waals surface area contributed by atoms with E-state index in [2.05, 4.69) is 51.2 Å². The first-order valence-electron chi connectivity index (χ1n) is 10.8. The lowest BCUT2D eigenvalue weighted by molar-refractivity contribution is 0.0932. The average molecular weight is 415 g/mol. The molecule has 5 rings (SSSR count). The zero-order valence-electron chi connectivity index (χ0n) is 17.8. The number of hydrogen-bond donors (Lipinski definition) is 1. The van der Waals surface area contributed by atoms with Crippen LogP contribution in [0.2, 0.25) is 0 Å². The molecule has 31 heavy (non-hydrogen) atoms. The third-order valence-corrected chi connectivity index (χ3v) is 5.91. The van der Waals surface area contributed by atoms with Gasteiger partial charge in [0.15, 0.2) is 0 Å². The lowest BCUT2D eigenvalue weighted by atomic mass is 9.92. The Morgan fingerprint density at radius 2 is 2.03 bits per heavy atom. The number of amides is 1. The number of rotatable bonds is 5. The number of benzene rings is 1. The molecule has 1 atom stereocenters. The molecule has 1 aromatic carbocycles. The number of carbonyl (C=O) groups is 1. The zero-order chi connectivity index (χ0) is 21.4. The number of carbonyl (C=O) groups excluding carboxylic acids is 1. The number of fused-ring (bicyclic) bond motifs is 2. The van der Waals surface area contributed by atoms with Crippen molar-refractivity contribution in [2.24, 2.45) is 0 Å². The first-order valence-corrected chi connectivity index (χ1v) is 10.8. The first-order chi connectivity index (χ1) is 15.1. The molecular weight excluding hydrogens is 388 g/mol. The second-order valence-corrected chi connectivity index (χ2v) is 8.44. The monoisotopic (exact) mass is 414 g/mol. The van der Waals surface area contributed by atoms with Gasteiger partial charge in [0.05, 0.1) is 30.5 Å². The maximum atomic E-state index is 13.0. The largest absolute Gasteiger partial charge is 0.345 e. The first kappa shape index (κ1) is 19.5. The normalized spacial score (nSPS) is 15.9. The summed E-state index contributed by atoms with van der Waals surface area (Å²) in [5.41, 5.74) is 5.62. The van der Waals surface area contributed by atoms with Crippen LogP contribution in [-0.2, 0) is 13.0 Å². The Bertz CT molecular complexity index is 1220. The van der Waals surface area contributed by atoms with Crippen LogP contribution in [0.5, 0.6) is 0 Å². The molecule has 0 fully saturated rings. The molecule has 0 aliphatic heterocycles. The summed E-state index contributed by atoms with van der Waals surface area (Å²) in [7, 11) is 0. The van der Waals surface area contributed by atoms with Crippen LogP contribution in [0.3, 0.4) is 0 Å². The third kappa shape index (κ3) is 3.83. The molecule has 0 bridgehead atoms. The molecule has 158 valence electrons. The molecule has 7 nitrogen and oxygen atoms in total. The van der Waals surface area contributed by atoms with Gasteiger partial charge in [-0.2, -0.15) is 10.2 Å². The van der Waals surface area contributed by atoms with E-state index < -0.39 is 0 Å². The molecule has 1 N–H and O–H groups in total. The van der Waals surface area contributed by atoms with Gasteiger partial charge in [0.25, 0.3) is 5.91 Å². The fourth-order valence-corrected chi connectivity index (χ4v) is 4.21.